The molecule has 0 bridgehead atoms. The highest BCUT2D eigenvalue weighted by atomic mass is 14.9. The monoisotopic (exact) mass is 261 g/mol. The molecule has 106 valence electrons. The van der Waals surface area contributed by atoms with E-state index >= 15 is 0 Å². The molecule has 0 aliphatic heterocycles. The van der Waals surface area contributed by atoms with E-state index in [0.29, 0.717) is 0 Å². The Balaban J connectivity index is 1.99. The lowest BCUT2D eigenvalue weighted by Crippen LogP contribution is -2.30. The number of nitrogens with one attached hydrogen (secondary N) is 1. The lowest BCUT2D eigenvalue weighted by molar-refractivity contribution is 0.403. The number of hydrogen-bond acceptors (Lipinski definition) is 3. The molecule has 1 heterocycles. The Kier molecular flexibility index (Phi) is 4.92. The third-order valence-corrected chi connectivity index (χ3v) is 3.93. The molecule has 1 unspecified atom stereocenters. The fourth-order valence-corrected chi connectivity index (χ4v) is 2.83. The molecule has 1 aliphatic carbocycles. The van der Waals surface area contributed by atoms with E-state index in [1.165, 1.54) is 23.4 Å². The van der Waals surface area contributed by atoms with Crippen LogP contribution >= 0.6 is 0 Å². The summed E-state index contributed by atoms with van der Waals surface area (Å²) in [5, 5.41) is 3.59. The summed E-state index contributed by atoms with van der Waals surface area (Å²) in [7, 11) is 0. The predicted octanol–water partition coefficient (Wildman–Crippen LogP) is 2.70. The van der Waals surface area contributed by atoms with Crippen molar-refractivity contribution in [2.45, 2.75) is 53.4 Å². The summed E-state index contributed by atoms with van der Waals surface area (Å²) in [6, 6.07) is 0. The topological polar surface area (TPSA) is 37.8 Å². The van der Waals surface area contributed by atoms with Gasteiger partial charge in [0.2, 0.25) is 0 Å². The number of hydrogen-bond donors (Lipinski definition) is 1. The first kappa shape index (κ1) is 14.4. The highest BCUT2D eigenvalue weighted by Crippen LogP contribution is 2.25. The molecule has 0 aromatic carbocycles. The van der Waals surface area contributed by atoms with Crippen LogP contribution in [0, 0.1) is 18.8 Å². The molecule has 0 saturated carbocycles. The summed E-state index contributed by atoms with van der Waals surface area (Å²) in [5.74, 6) is 2.49. The predicted molar refractivity (Wildman–Crippen MR) is 79.4 cm³/mol. The van der Waals surface area contributed by atoms with Crippen molar-refractivity contribution in [2.75, 3.05) is 13.1 Å². The van der Waals surface area contributed by atoms with Gasteiger partial charge in [0.1, 0.15) is 5.82 Å². The van der Waals surface area contributed by atoms with Crippen molar-refractivity contribution >= 4 is 0 Å². The minimum atomic E-state index is 0.730. The number of aromatic nitrogens is 2. The molecule has 3 nitrogen and oxygen atoms in total. The molecule has 2 rings (SSSR count). The van der Waals surface area contributed by atoms with Crippen molar-refractivity contribution in [3.8, 4) is 0 Å². The standard InChI is InChI=1S/C16H27N3/c1-5-16-18-12(4)14-8-13(6-7-15(14)19-16)10-17-9-11(2)3/h11,13,17H,5-10H2,1-4H3. The van der Waals surface area contributed by atoms with Crippen molar-refractivity contribution in [2.24, 2.45) is 11.8 Å². The maximum absolute atomic E-state index is 4.70. The molecule has 0 fully saturated rings. The van der Waals surface area contributed by atoms with E-state index in [0.717, 1.165) is 50.0 Å². The maximum atomic E-state index is 4.70. The van der Waals surface area contributed by atoms with Gasteiger partial charge in [-0.1, -0.05) is 20.8 Å². The molecule has 1 N–H and O–H groups in total. The van der Waals surface area contributed by atoms with Crippen molar-refractivity contribution in [1.82, 2.24) is 15.3 Å². The largest absolute Gasteiger partial charge is 0.316 e. The van der Waals surface area contributed by atoms with Crippen molar-refractivity contribution < 1.29 is 0 Å². The summed E-state index contributed by atoms with van der Waals surface area (Å²) in [6.45, 7) is 11.0. The van der Waals surface area contributed by atoms with Crippen LogP contribution in [0.1, 0.15) is 50.0 Å². The van der Waals surface area contributed by atoms with E-state index in [-0.39, 0.29) is 0 Å². The van der Waals surface area contributed by atoms with Gasteiger partial charge in [0.25, 0.3) is 0 Å². The molecule has 0 radical (unpaired) electrons. The summed E-state index contributed by atoms with van der Waals surface area (Å²) in [4.78, 5) is 9.32. The van der Waals surface area contributed by atoms with Crippen LogP contribution in [0.25, 0.3) is 0 Å². The Morgan fingerprint density at radius 2 is 2.11 bits per heavy atom. The fourth-order valence-electron chi connectivity index (χ4n) is 2.83. The molecule has 1 aliphatic rings. The van der Waals surface area contributed by atoms with Crippen LogP contribution in [0.4, 0.5) is 0 Å². The first-order chi connectivity index (χ1) is 9.10. The van der Waals surface area contributed by atoms with Gasteiger partial charge in [0.05, 0.1) is 0 Å². The molecule has 1 aromatic heterocycles. The van der Waals surface area contributed by atoms with Gasteiger partial charge in [-0.05, 0) is 56.7 Å². The van der Waals surface area contributed by atoms with Gasteiger partial charge in [-0.15, -0.1) is 0 Å². The van der Waals surface area contributed by atoms with E-state index < -0.39 is 0 Å². The quantitative estimate of drug-likeness (QED) is 0.885. The Hall–Kier alpha value is -0.960. The van der Waals surface area contributed by atoms with E-state index in [9.17, 15) is 0 Å². The number of fused-ring (bicyclic) bond motifs is 1. The second kappa shape index (κ2) is 6.47. The SMILES string of the molecule is CCc1nc(C)c2c(n1)CCC(CNCC(C)C)C2. The molecule has 1 atom stereocenters. The number of rotatable bonds is 5. The summed E-state index contributed by atoms with van der Waals surface area (Å²) in [5.41, 5.74) is 3.93. The van der Waals surface area contributed by atoms with Gasteiger partial charge in [-0.25, -0.2) is 9.97 Å². The van der Waals surface area contributed by atoms with Crippen molar-refractivity contribution in [3.63, 3.8) is 0 Å². The van der Waals surface area contributed by atoms with Gasteiger partial charge < -0.3 is 5.32 Å². The second-order valence-electron chi connectivity index (χ2n) is 6.16. The smallest absolute Gasteiger partial charge is 0.128 e. The van der Waals surface area contributed by atoms with E-state index in [2.05, 4.69) is 38.0 Å². The van der Waals surface area contributed by atoms with Crippen LogP contribution in [0.15, 0.2) is 0 Å². The fraction of sp³-hybridized carbons (Fsp3) is 0.750. The zero-order valence-corrected chi connectivity index (χ0v) is 12.8. The van der Waals surface area contributed by atoms with Crippen LogP contribution in [0.5, 0.6) is 0 Å². The van der Waals surface area contributed by atoms with Crippen LogP contribution in [0.2, 0.25) is 0 Å². The van der Waals surface area contributed by atoms with Crippen LogP contribution in [-0.2, 0) is 19.3 Å². The van der Waals surface area contributed by atoms with E-state index in [4.69, 9.17) is 4.98 Å². The van der Waals surface area contributed by atoms with Crippen LogP contribution in [-0.4, -0.2) is 23.1 Å². The molecular weight excluding hydrogens is 234 g/mol. The van der Waals surface area contributed by atoms with Crippen LogP contribution in [0.3, 0.4) is 0 Å². The Labute approximate surface area is 117 Å². The summed E-state index contributed by atoms with van der Waals surface area (Å²) >= 11 is 0. The van der Waals surface area contributed by atoms with Gasteiger partial charge in [-0.3, -0.25) is 0 Å². The Bertz CT molecular complexity index is 426. The third kappa shape index (κ3) is 3.75. The zero-order chi connectivity index (χ0) is 13.8. The molecule has 0 amide bonds. The Morgan fingerprint density at radius 1 is 1.32 bits per heavy atom. The van der Waals surface area contributed by atoms with Gasteiger partial charge in [0, 0.05) is 17.8 Å². The number of aryl methyl sites for hydroxylation is 3. The number of nitrogens with zero attached hydrogens (tertiary/aromatic N) is 2. The molecule has 0 spiro atoms. The highest BCUT2D eigenvalue weighted by molar-refractivity contribution is 5.28. The second-order valence-corrected chi connectivity index (χ2v) is 6.16. The highest BCUT2D eigenvalue weighted by Gasteiger charge is 2.22. The van der Waals surface area contributed by atoms with E-state index in [1.807, 2.05) is 0 Å². The average Bonchev–Trinajstić information content (AvgIpc) is 2.38. The summed E-state index contributed by atoms with van der Waals surface area (Å²) < 4.78 is 0. The molecule has 3 heteroatoms. The normalized spacial score (nSPS) is 18.7. The van der Waals surface area contributed by atoms with Crippen molar-refractivity contribution in [1.29, 1.82) is 0 Å². The zero-order valence-electron chi connectivity index (χ0n) is 12.8. The lowest BCUT2D eigenvalue weighted by Gasteiger charge is -2.26. The Morgan fingerprint density at radius 3 is 2.79 bits per heavy atom. The first-order valence-corrected chi connectivity index (χ1v) is 7.66. The maximum Gasteiger partial charge on any atom is 0.128 e. The molecule has 1 aromatic rings. The van der Waals surface area contributed by atoms with Gasteiger partial charge in [-0.2, -0.15) is 0 Å². The van der Waals surface area contributed by atoms with Crippen LogP contribution < -0.4 is 5.32 Å². The third-order valence-electron chi connectivity index (χ3n) is 3.93. The average molecular weight is 261 g/mol. The van der Waals surface area contributed by atoms with E-state index in [1.54, 1.807) is 0 Å². The van der Waals surface area contributed by atoms with Gasteiger partial charge >= 0.3 is 0 Å². The molecule has 0 saturated heterocycles. The van der Waals surface area contributed by atoms with Crippen molar-refractivity contribution in [3.05, 3.63) is 22.8 Å². The molecular formula is C16H27N3. The minimum absolute atomic E-state index is 0.730. The first-order valence-electron chi connectivity index (χ1n) is 7.66. The summed E-state index contributed by atoms with van der Waals surface area (Å²) in [6.07, 6.45) is 4.47. The van der Waals surface area contributed by atoms with Gasteiger partial charge in [0.15, 0.2) is 0 Å². The lowest BCUT2D eigenvalue weighted by atomic mass is 9.85. The minimum Gasteiger partial charge on any atom is -0.316 e. The molecule has 19 heavy (non-hydrogen) atoms.